The van der Waals surface area contributed by atoms with Crippen molar-refractivity contribution in [2.45, 2.75) is 60.0 Å². The predicted molar refractivity (Wildman–Crippen MR) is 69.6 cm³/mol. The number of phosphoric acid groups is 1. The fourth-order valence-electron chi connectivity index (χ4n) is 2.35. The minimum Gasteiger partial charge on any atom is -0.303 e. The second-order valence-corrected chi connectivity index (χ2v) is 7.16. The Hall–Kier alpha value is 0.110. The smallest absolute Gasteiger partial charge is 0.303 e. The van der Waals surface area contributed by atoms with Crippen LogP contribution in [0.5, 0.6) is 0 Å². The molecule has 0 fully saturated rings. The number of phosphoric ester groups is 1. The molecule has 0 aliphatic carbocycles. The predicted octanol–water partition coefficient (Wildman–Crippen LogP) is 3.58. The van der Waals surface area contributed by atoms with Crippen molar-refractivity contribution in [2.24, 2.45) is 17.8 Å². The van der Waals surface area contributed by atoms with Crippen molar-refractivity contribution in [3.63, 3.8) is 0 Å². The maximum atomic E-state index is 11.2. The summed E-state index contributed by atoms with van der Waals surface area (Å²) in [6.45, 7) is 12.1. The fourth-order valence-corrected chi connectivity index (χ4v) is 3.19. The van der Waals surface area contributed by atoms with Gasteiger partial charge >= 0.3 is 7.82 Å². The highest BCUT2D eigenvalue weighted by Crippen LogP contribution is 2.48. The summed E-state index contributed by atoms with van der Waals surface area (Å²) < 4.78 is 16.4. The lowest BCUT2D eigenvalue weighted by molar-refractivity contribution is -0.0365. The van der Waals surface area contributed by atoms with E-state index in [1.54, 1.807) is 0 Å². The van der Waals surface area contributed by atoms with Crippen LogP contribution in [0.2, 0.25) is 0 Å². The average Bonchev–Trinajstić information content (AvgIpc) is 1.96. The van der Waals surface area contributed by atoms with Gasteiger partial charge in [0, 0.05) is 0 Å². The maximum Gasteiger partial charge on any atom is 0.470 e. The van der Waals surface area contributed by atoms with Crippen molar-refractivity contribution in [1.82, 2.24) is 0 Å². The Morgan fingerprint density at radius 1 is 1.00 bits per heavy atom. The van der Waals surface area contributed by atoms with Crippen LogP contribution in [-0.2, 0) is 9.09 Å². The first-order chi connectivity index (χ1) is 7.48. The summed E-state index contributed by atoms with van der Waals surface area (Å²) in [7, 11) is -4.45. The molecule has 0 spiro atoms. The summed E-state index contributed by atoms with van der Waals surface area (Å²) in [5.41, 5.74) is -0.735. The van der Waals surface area contributed by atoms with Gasteiger partial charge in [-0.25, -0.2) is 4.57 Å². The Bertz CT molecular complexity index is 258. The van der Waals surface area contributed by atoms with Gasteiger partial charge in [0.2, 0.25) is 0 Å². The minimum atomic E-state index is -4.45. The van der Waals surface area contributed by atoms with Gasteiger partial charge in [-0.3, -0.25) is 4.52 Å². The molecule has 0 bridgehead atoms. The molecule has 0 atom stereocenters. The Labute approximate surface area is 105 Å². The Balaban J connectivity index is 5.16. The zero-order valence-corrected chi connectivity index (χ0v) is 12.7. The van der Waals surface area contributed by atoms with E-state index in [0.717, 1.165) is 0 Å². The van der Waals surface area contributed by atoms with Crippen LogP contribution in [-0.4, -0.2) is 15.4 Å². The normalized spacial score (nSPS) is 14.1. The molecule has 5 heteroatoms. The van der Waals surface area contributed by atoms with Gasteiger partial charge < -0.3 is 9.79 Å². The third-order valence-electron chi connectivity index (χ3n) is 2.86. The first kappa shape index (κ1) is 17.1. The third kappa shape index (κ3) is 6.56. The van der Waals surface area contributed by atoms with Crippen molar-refractivity contribution in [3.05, 3.63) is 0 Å². The Morgan fingerprint density at radius 3 is 1.53 bits per heavy atom. The zero-order valence-electron chi connectivity index (χ0n) is 11.8. The first-order valence-corrected chi connectivity index (χ1v) is 7.78. The molecule has 0 rings (SSSR count). The van der Waals surface area contributed by atoms with Crippen LogP contribution in [0, 0.1) is 17.8 Å². The van der Waals surface area contributed by atoms with Gasteiger partial charge in [0.25, 0.3) is 0 Å². The molecule has 0 unspecified atom stereocenters. The van der Waals surface area contributed by atoms with Crippen molar-refractivity contribution >= 4 is 7.82 Å². The molecule has 0 aromatic carbocycles. The molecule has 17 heavy (non-hydrogen) atoms. The van der Waals surface area contributed by atoms with E-state index >= 15 is 0 Å². The topological polar surface area (TPSA) is 66.8 Å². The molecule has 0 aromatic rings. The SMILES string of the molecule is CC(C)CC(CC(C)C)(OP(=O)(O)O)C(C)C. The highest BCUT2D eigenvalue weighted by atomic mass is 31.2. The summed E-state index contributed by atoms with van der Waals surface area (Å²) in [6, 6.07) is 0. The molecule has 0 amide bonds. The van der Waals surface area contributed by atoms with E-state index in [1.807, 2.05) is 41.5 Å². The lowest BCUT2D eigenvalue weighted by atomic mass is 9.77. The lowest BCUT2D eigenvalue weighted by Crippen LogP contribution is -2.40. The van der Waals surface area contributed by atoms with E-state index in [2.05, 4.69) is 0 Å². The van der Waals surface area contributed by atoms with Crippen LogP contribution >= 0.6 is 7.82 Å². The van der Waals surface area contributed by atoms with Crippen LogP contribution in [0.1, 0.15) is 54.4 Å². The summed E-state index contributed by atoms with van der Waals surface area (Å²) in [5.74, 6) is 0.741. The second-order valence-electron chi connectivity index (χ2n) is 6.00. The van der Waals surface area contributed by atoms with Gasteiger partial charge in [-0.15, -0.1) is 0 Å². The van der Waals surface area contributed by atoms with Crippen molar-refractivity contribution in [1.29, 1.82) is 0 Å². The highest BCUT2D eigenvalue weighted by molar-refractivity contribution is 7.46. The summed E-state index contributed by atoms with van der Waals surface area (Å²) in [5, 5.41) is 0. The molecule has 4 nitrogen and oxygen atoms in total. The molecule has 0 saturated carbocycles. The number of rotatable bonds is 7. The van der Waals surface area contributed by atoms with E-state index < -0.39 is 13.4 Å². The Morgan fingerprint density at radius 2 is 1.35 bits per heavy atom. The third-order valence-corrected chi connectivity index (χ3v) is 3.46. The quantitative estimate of drug-likeness (QED) is 0.691. The van der Waals surface area contributed by atoms with E-state index in [9.17, 15) is 4.57 Å². The largest absolute Gasteiger partial charge is 0.470 e. The van der Waals surface area contributed by atoms with E-state index in [-0.39, 0.29) is 5.92 Å². The average molecular weight is 266 g/mol. The summed E-state index contributed by atoms with van der Waals surface area (Å²) in [4.78, 5) is 18.2. The van der Waals surface area contributed by atoms with Crippen LogP contribution < -0.4 is 0 Å². The standard InChI is InChI=1S/C12H27O4P/c1-9(2)7-12(11(5)6,8-10(3)4)16-17(13,14)15/h9-11H,7-8H2,1-6H3,(H2,13,14,15). The molecule has 0 aromatic heterocycles. The summed E-state index contributed by atoms with van der Waals surface area (Å²) in [6.07, 6.45) is 1.32. The van der Waals surface area contributed by atoms with E-state index in [4.69, 9.17) is 14.3 Å². The molecule has 0 saturated heterocycles. The van der Waals surface area contributed by atoms with Crippen LogP contribution in [0.25, 0.3) is 0 Å². The monoisotopic (exact) mass is 266 g/mol. The first-order valence-electron chi connectivity index (χ1n) is 6.25. The van der Waals surface area contributed by atoms with Gasteiger partial charge in [0.05, 0.1) is 5.60 Å². The van der Waals surface area contributed by atoms with Crippen LogP contribution in [0.3, 0.4) is 0 Å². The molecular weight excluding hydrogens is 239 g/mol. The summed E-state index contributed by atoms with van der Waals surface area (Å²) >= 11 is 0. The van der Waals surface area contributed by atoms with Crippen molar-refractivity contribution < 1.29 is 18.9 Å². The van der Waals surface area contributed by atoms with Crippen LogP contribution in [0.4, 0.5) is 0 Å². The van der Waals surface area contributed by atoms with E-state index in [0.29, 0.717) is 24.7 Å². The second kappa shape index (κ2) is 6.33. The van der Waals surface area contributed by atoms with Gasteiger partial charge in [0.1, 0.15) is 0 Å². The molecule has 0 aliphatic rings. The molecular formula is C12H27O4P. The number of hydrogen-bond donors (Lipinski definition) is 2. The molecule has 0 heterocycles. The minimum absolute atomic E-state index is 0.0694. The zero-order chi connectivity index (χ0) is 13.9. The van der Waals surface area contributed by atoms with Gasteiger partial charge in [-0.1, -0.05) is 41.5 Å². The van der Waals surface area contributed by atoms with E-state index in [1.165, 1.54) is 0 Å². The van der Waals surface area contributed by atoms with Gasteiger partial charge in [0.15, 0.2) is 0 Å². The fraction of sp³-hybridized carbons (Fsp3) is 1.00. The maximum absolute atomic E-state index is 11.2. The lowest BCUT2D eigenvalue weighted by Gasteiger charge is -2.40. The van der Waals surface area contributed by atoms with Gasteiger partial charge in [-0.2, -0.15) is 0 Å². The Kier molecular flexibility index (Phi) is 6.37. The van der Waals surface area contributed by atoms with Crippen molar-refractivity contribution in [2.75, 3.05) is 0 Å². The highest BCUT2D eigenvalue weighted by Gasteiger charge is 2.41. The number of hydrogen-bond acceptors (Lipinski definition) is 2. The molecule has 0 radical (unpaired) electrons. The molecule has 2 N–H and O–H groups in total. The molecule has 0 aliphatic heterocycles. The van der Waals surface area contributed by atoms with Crippen molar-refractivity contribution in [3.8, 4) is 0 Å². The van der Waals surface area contributed by atoms with Gasteiger partial charge in [-0.05, 0) is 30.6 Å². The van der Waals surface area contributed by atoms with Crippen LogP contribution in [0.15, 0.2) is 0 Å². The molecule has 104 valence electrons.